The van der Waals surface area contributed by atoms with E-state index in [0.29, 0.717) is 31.6 Å². The standard InChI is InChI=1S/C17H22N2O7/c1-10-14(19(23)24)7-12(8-15(10)25-2)16(20)18-9-13(17(21)22)11-3-5-26-6-4-11/h7-8,11,13H,3-6,9H2,1-2H3,(H,18,20)(H,21,22). The Morgan fingerprint density at radius 1 is 1.42 bits per heavy atom. The average molecular weight is 366 g/mol. The van der Waals surface area contributed by atoms with E-state index in [-0.39, 0.29) is 29.5 Å². The topological polar surface area (TPSA) is 128 Å². The highest BCUT2D eigenvalue weighted by Gasteiger charge is 2.30. The molecule has 1 atom stereocenters. The molecule has 1 heterocycles. The normalized spacial score (nSPS) is 15.9. The van der Waals surface area contributed by atoms with Gasteiger partial charge < -0.3 is 19.9 Å². The number of rotatable bonds is 7. The maximum absolute atomic E-state index is 12.4. The number of nitrogens with one attached hydrogen (secondary N) is 1. The Balaban J connectivity index is 2.14. The van der Waals surface area contributed by atoms with Crippen LogP contribution in [0.1, 0.15) is 28.8 Å². The lowest BCUT2D eigenvalue weighted by atomic mass is 9.86. The van der Waals surface area contributed by atoms with Crippen molar-refractivity contribution in [3.05, 3.63) is 33.4 Å². The molecule has 1 saturated heterocycles. The number of ether oxygens (including phenoxy) is 2. The lowest BCUT2D eigenvalue weighted by molar-refractivity contribution is -0.385. The van der Waals surface area contributed by atoms with Gasteiger partial charge in [0, 0.05) is 31.4 Å². The van der Waals surface area contributed by atoms with Crippen LogP contribution in [0, 0.1) is 28.9 Å². The van der Waals surface area contributed by atoms with Crippen molar-refractivity contribution in [3.8, 4) is 5.75 Å². The van der Waals surface area contributed by atoms with Crippen LogP contribution in [0.25, 0.3) is 0 Å². The van der Waals surface area contributed by atoms with Crippen molar-refractivity contribution < 1.29 is 29.1 Å². The molecule has 1 unspecified atom stereocenters. The number of hydrogen-bond acceptors (Lipinski definition) is 6. The lowest BCUT2D eigenvalue weighted by Crippen LogP contribution is -2.39. The van der Waals surface area contributed by atoms with E-state index in [1.165, 1.54) is 20.1 Å². The number of nitro benzene ring substituents is 1. The number of benzene rings is 1. The minimum Gasteiger partial charge on any atom is -0.496 e. The predicted octanol–water partition coefficient (Wildman–Crippen LogP) is 1.77. The first-order valence-corrected chi connectivity index (χ1v) is 8.27. The van der Waals surface area contributed by atoms with Gasteiger partial charge in [-0.3, -0.25) is 19.7 Å². The molecule has 0 aliphatic carbocycles. The van der Waals surface area contributed by atoms with Gasteiger partial charge in [-0.1, -0.05) is 0 Å². The summed E-state index contributed by atoms with van der Waals surface area (Å²) >= 11 is 0. The summed E-state index contributed by atoms with van der Waals surface area (Å²) in [5.74, 6) is -2.15. The molecule has 0 aromatic heterocycles. The minimum atomic E-state index is -0.982. The number of hydrogen-bond donors (Lipinski definition) is 2. The largest absolute Gasteiger partial charge is 0.496 e. The van der Waals surface area contributed by atoms with Crippen molar-refractivity contribution in [2.45, 2.75) is 19.8 Å². The van der Waals surface area contributed by atoms with Crippen LogP contribution in [0.2, 0.25) is 0 Å². The maximum atomic E-state index is 12.4. The Labute approximate surface area is 150 Å². The second-order valence-electron chi connectivity index (χ2n) is 6.18. The third-order valence-electron chi connectivity index (χ3n) is 4.65. The molecule has 0 spiro atoms. The van der Waals surface area contributed by atoms with E-state index in [1.54, 1.807) is 0 Å². The fraction of sp³-hybridized carbons (Fsp3) is 0.529. The number of methoxy groups -OCH3 is 1. The van der Waals surface area contributed by atoms with E-state index in [2.05, 4.69) is 5.32 Å². The zero-order chi connectivity index (χ0) is 19.3. The molecular formula is C17H22N2O7. The number of nitrogens with zero attached hydrogens (tertiary/aromatic N) is 1. The van der Waals surface area contributed by atoms with Gasteiger partial charge in [0.1, 0.15) is 5.75 Å². The molecule has 9 nitrogen and oxygen atoms in total. The monoisotopic (exact) mass is 366 g/mol. The molecule has 1 aromatic carbocycles. The Morgan fingerprint density at radius 3 is 2.62 bits per heavy atom. The second kappa shape index (κ2) is 8.61. The molecule has 9 heteroatoms. The summed E-state index contributed by atoms with van der Waals surface area (Å²) in [7, 11) is 1.36. The molecule has 26 heavy (non-hydrogen) atoms. The molecule has 2 N–H and O–H groups in total. The Kier molecular flexibility index (Phi) is 6.51. The zero-order valence-electron chi connectivity index (χ0n) is 14.7. The quantitative estimate of drug-likeness (QED) is 0.556. The van der Waals surface area contributed by atoms with Crippen LogP contribution in [-0.4, -0.2) is 48.8 Å². The molecule has 0 radical (unpaired) electrons. The van der Waals surface area contributed by atoms with Crippen molar-refractivity contribution in [2.24, 2.45) is 11.8 Å². The van der Waals surface area contributed by atoms with Crippen LogP contribution in [0.3, 0.4) is 0 Å². The summed E-state index contributed by atoms with van der Waals surface area (Å²) in [5.41, 5.74) is 0.142. The summed E-state index contributed by atoms with van der Waals surface area (Å²) in [5, 5.41) is 23.2. The summed E-state index contributed by atoms with van der Waals surface area (Å²) in [4.78, 5) is 34.5. The SMILES string of the molecule is COc1cc(C(=O)NCC(C(=O)O)C2CCOCC2)cc([N+](=O)[O-])c1C. The second-order valence-corrected chi connectivity index (χ2v) is 6.18. The molecule has 1 aliphatic rings. The third kappa shape index (κ3) is 4.48. The van der Waals surface area contributed by atoms with Gasteiger partial charge in [0.2, 0.25) is 0 Å². The Hall–Kier alpha value is -2.68. The van der Waals surface area contributed by atoms with Crippen molar-refractivity contribution in [3.63, 3.8) is 0 Å². The minimum absolute atomic E-state index is 0.0512. The number of amides is 1. The van der Waals surface area contributed by atoms with Crippen LogP contribution >= 0.6 is 0 Å². The number of carboxylic acid groups (broad SMARTS) is 1. The fourth-order valence-electron chi connectivity index (χ4n) is 3.08. The first kappa shape index (κ1) is 19.6. The van der Waals surface area contributed by atoms with E-state index in [1.807, 2.05) is 0 Å². The summed E-state index contributed by atoms with van der Waals surface area (Å²) in [6, 6.07) is 2.57. The Morgan fingerprint density at radius 2 is 2.08 bits per heavy atom. The molecule has 0 saturated carbocycles. The highest BCUT2D eigenvalue weighted by molar-refractivity contribution is 5.95. The van der Waals surface area contributed by atoms with Gasteiger partial charge in [-0.15, -0.1) is 0 Å². The number of nitro groups is 1. The fourth-order valence-corrected chi connectivity index (χ4v) is 3.08. The smallest absolute Gasteiger partial charge is 0.308 e. The molecule has 1 aromatic rings. The van der Waals surface area contributed by atoms with Crippen molar-refractivity contribution >= 4 is 17.6 Å². The number of aliphatic carboxylic acids is 1. The predicted molar refractivity (Wildman–Crippen MR) is 91.4 cm³/mol. The number of carbonyl (C=O) groups is 2. The van der Waals surface area contributed by atoms with E-state index in [4.69, 9.17) is 9.47 Å². The van der Waals surface area contributed by atoms with E-state index in [0.717, 1.165) is 6.07 Å². The molecule has 2 rings (SSSR count). The summed E-state index contributed by atoms with van der Waals surface area (Å²) in [6.07, 6.45) is 1.24. The van der Waals surface area contributed by atoms with Crippen LogP contribution in [0.15, 0.2) is 12.1 Å². The van der Waals surface area contributed by atoms with Crippen LogP contribution in [0.4, 0.5) is 5.69 Å². The van der Waals surface area contributed by atoms with Gasteiger partial charge in [-0.05, 0) is 31.7 Å². The molecule has 0 bridgehead atoms. The first-order valence-electron chi connectivity index (χ1n) is 8.27. The zero-order valence-corrected chi connectivity index (χ0v) is 14.7. The van der Waals surface area contributed by atoms with Gasteiger partial charge in [0.25, 0.3) is 11.6 Å². The summed E-state index contributed by atoms with van der Waals surface area (Å²) < 4.78 is 10.3. The molecule has 1 aliphatic heterocycles. The number of carboxylic acids is 1. The van der Waals surface area contributed by atoms with Gasteiger partial charge in [0.15, 0.2) is 0 Å². The first-order chi connectivity index (χ1) is 12.3. The van der Waals surface area contributed by atoms with Crippen molar-refractivity contribution in [1.29, 1.82) is 0 Å². The van der Waals surface area contributed by atoms with Gasteiger partial charge in [-0.25, -0.2) is 0 Å². The van der Waals surface area contributed by atoms with E-state index < -0.39 is 22.7 Å². The van der Waals surface area contributed by atoms with Crippen LogP contribution in [0.5, 0.6) is 5.75 Å². The molecule has 1 amide bonds. The van der Waals surface area contributed by atoms with Gasteiger partial charge in [0.05, 0.1) is 23.5 Å². The van der Waals surface area contributed by atoms with Gasteiger partial charge in [-0.2, -0.15) is 0 Å². The molecular weight excluding hydrogens is 344 g/mol. The molecule has 142 valence electrons. The summed E-state index contributed by atoms with van der Waals surface area (Å²) in [6.45, 7) is 2.49. The highest BCUT2D eigenvalue weighted by atomic mass is 16.6. The van der Waals surface area contributed by atoms with Crippen LogP contribution < -0.4 is 10.1 Å². The third-order valence-corrected chi connectivity index (χ3v) is 4.65. The average Bonchev–Trinajstić information content (AvgIpc) is 2.62. The van der Waals surface area contributed by atoms with E-state index in [9.17, 15) is 24.8 Å². The number of carbonyl (C=O) groups excluding carboxylic acids is 1. The van der Waals surface area contributed by atoms with Crippen molar-refractivity contribution in [2.75, 3.05) is 26.9 Å². The Bertz CT molecular complexity index is 699. The lowest BCUT2D eigenvalue weighted by Gasteiger charge is -2.27. The van der Waals surface area contributed by atoms with Crippen molar-refractivity contribution in [1.82, 2.24) is 5.32 Å². The highest BCUT2D eigenvalue weighted by Crippen LogP contribution is 2.29. The van der Waals surface area contributed by atoms with Crippen LogP contribution in [-0.2, 0) is 9.53 Å². The molecule has 1 fully saturated rings. The van der Waals surface area contributed by atoms with Gasteiger partial charge >= 0.3 is 5.97 Å². The van der Waals surface area contributed by atoms with E-state index >= 15 is 0 Å². The maximum Gasteiger partial charge on any atom is 0.308 e.